The van der Waals surface area contributed by atoms with Crippen molar-refractivity contribution in [2.24, 2.45) is 0 Å². The van der Waals surface area contributed by atoms with E-state index >= 15 is 0 Å². The largest absolute Gasteiger partial charge is 0.508 e. The smallest absolute Gasteiger partial charge is 0.254 e. The summed E-state index contributed by atoms with van der Waals surface area (Å²) in [5.74, 6) is 0.916. The van der Waals surface area contributed by atoms with Gasteiger partial charge < -0.3 is 10.0 Å². The number of amides is 1. The number of carbonyl (C=O) groups is 1. The van der Waals surface area contributed by atoms with Gasteiger partial charge in [0, 0.05) is 18.7 Å². The number of rotatable bonds is 2. The molecule has 0 atom stereocenters. The van der Waals surface area contributed by atoms with Crippen LogP contribution in [0, 0.1) is 6.92 Å². The predicted octanol–water partition coefficient (Wildman–Crippen LogP) is 3.72. The van der Waals surface area contributed by atoms with E-state index in [9.17, 15) is 9.90 Å². The maximum atomic E-state index is 12.6. The number of nitrogens with zero attached hydrogens (tertiary/aromatic N) is 1. The maximum Gasteiger partial charge on any atom is 0.254 e. The summed E-state index contributed by atoms with van der Waals surface area (Å²) in [5.41, 5.74) is 3.10. The van der Waals surface area contributed by atoms with E-state index in [1.807, 2.05) is 48.2 Å². The number of aryl methyl sites for hydroxylation is 1. The Hall–Kier alpha value is -2.29. The second-order valence-corrected chi connectivity index (χ2v) is 5.97. The molecule has 0 bridgehead atoms. The highest BCUT2D eigenvalue weighted by Crippen LogP contribution is 2.29. The van der Waals surface area contributed by atoms with Crippen LogP contribution in [0.25, 0.3) is 0 Å². The van der Waals surface area contributed by atoms with E-state index in [4.69, 9.17) is 0 Å². The summed E-state index contributed by atoms with van der Waals surface area (Å²) in [7, 11) is 0. The molecular weight excluding hydrogens is 274 g/mol. The van der Waals surface area contributed by atoms with Crippen molar-refractivity contribution >= 4 is 5.91 Å². The van der Waals surface area contributed by atoms with Gasteiger partial charge in [-0.15, -0.1) is 0 Å². The van der Waals surface area contributed by atoms with E-state index in [1.54, 1.807) is 12.1 Å². The van der Waals surface area contributed by atoms with Crippen LogP contribution in [-0.2, 0) is 0 Å². The lowest BCUT2D eigenvalue weighted by atomic mass is 9.89. The number of likely N-dealkylation sites (tertiary alicyclic amines) is 1. The molecule has 1 aliphatic heterocycles. The number of benzene rings is 2. The molecule has 3 nitrogen and oxygen atoms in total. The summed E-state index contributed by atoms with van der Waals surface area (Å²) in [6.45, 7) is 3.56. The van der Waals surface area contributed by atoms with Crippen molar-refractivity contribution in [1.82, 2.24) is 4.90 Å². The van der Waals surface area contributed by atoms with Crippen molar-refractivity contribution < 1.29 is 9.90 Å². The average Bonchev–Trinajstić information content (AvgIpc) is 2.56. The Morgan fingerprint density at radius 1 is 1.05 bits per heavy atom. The molecule has 3 heteroatoms. The zero-order valence-electron chi connectivity index (χ0n) is 12.8. The minimum Gasteiger partial charge on any atom is -0.508 e. The summed E-state index contributed by atoms with van der Waals surface area (Å²) in [6, 6.07) is 15.2. The number of piperidine rings is 1. The van der Waals surface area contributed by atoms with Crippen molar-refractivity contribution in [2.75, 3.05) is 13.1 Å². The lowest BCUT2D eigenvalue weighted by Crippen LogP contribution is -2.38. The Kier molecular flexibility index (Phi) is 4.14. The molecule has 0 unspecified atom stereocenters. The fourth-order valence-corrected chi connectivity index (χ4v) is 3.15. The third-order valence-electron chi connectivity index (χ3n) is 4.52. The van der Waals surface area contributed by atoms with E-state index in [2.05, 4.69) is 0 Å². The maximum absolute atomic E-state index is 12.6. The Morgan fingerprint density at radius 2 is 1.68 bits per heavy atom. The van der Waals surface area contributed by atoms with Crippen molar-refractivity contribution in [2.45, 2.75) is 25.7 Å². The van der Waals surface area contributed by atoms with Crippen LogP contribution in [0.2, 0.25) is 0 Å². The lowest BCUT2D eigenvalue weighted by Gasteiger charge is -2.32. The van der Waals surface area contributed by atoms with Crippen LogP contribution in [0.1, 0.15) is 40.2 Å². The van der Waals surface area contributed by atoms with Crippen LogP contribution in [0.5, 0.6) is 5.75 Å². The van der Waals surface area contributed by atoms with Crippen LogP contribution < -0.4 is 0 Å². The molecule has 1 fully saturated rings. The first-order valence-corrected chi connectivity index (χ1v) is 7.79. The van der Waals surface area contributed by atoms with Crippen LogP contribution in [0.3, 0.4) is 0 Å². The number of phenolic OH excluding ortho intramolecular Hbond substituents is 1. The number of aromatic hydroxyl groups is 1. The van der Waals surface area contributed by atoms with Gasteiger partial charge in [0.2, 0.25) is 0 Å². The third-order valence-corrected chi connectivity index (χ3v) is 4.52. The molecule has 0 radical (unpaired) electrons. The first-order chi connectivity index (χ1) is 10.6. The zero-order valence-corrected chi connectivity index (χ0v) is 12.8. The summed E-state index contributed by atoms with van der Waals surface area (Å²) in [4.78, 5) is 14.6. The highest BCUT2D eigenvalue weighted by atomic mass is 16.3. The molecule has 0 aliphatic carbocycles. The van der Waals surface area contributed by atoms with Crippen LogP contribution in [-0.4, -0.2) is 29.0 Å². The van der Waals surface area contributed by atoms with Gasteiger partial charge in [0.05, 0.1) is 0 Å². The number of phenols is 1. The topological polar surface area (TPSA) is 40.5 Å². The number of carbonyl (C=O) groups excluding carboxylic acids is 1. The minimum atomic E-state index is 0.141. The number of hydrogen-bond acceptors (Lipinski definition) is 2. The van der Waals surface area contributed by atoms with Crippen molar-refractivity contribution in [3.8, 4) is 5.75 Å². The quantitative estimate of drug-likeness (QED) is 0.917. The Balaban J connectivity index is 1.65. The van der Waals surface area contributed by atoms with E-state index < -0.39 is 0 Å². The van der Waals surface area contributed by atoms with Gasteiger partial charge in [-0.1, -0.05) is 30.3 Å². The van der Waals surface area contributed by atoms with Gasteiger partial charge in [0.1, 0.15) is 5.75 Å². The molecule has 0 spiro atoms. The minimum absolute atomic E-state index is 0.141. The van der Waals surface area contributed by atoms with Gasteiger partial charge >= 0.3 is 0 Å². The van der Waals surface area contributed by atoms with E-state index in [1.165, 1.54) is 5.56 Å². The molecule has 2 aromatic rings. The number of hydrogen-bond donors (Lipinski definition) is 1. The predicted molar refractivity (Wildman–Crippen MR) is 87.2 cm³/mol. The van der Waals surface area contributed by atoms with Crippen LogP contribution in [0.15, 0.2) is 48.5 Å². The molecule has 1 saturated heterocycles. The summed E-state index contributed by atoms with van der Waals surface area (Å²) in [6.07, 6.45) is 1.95. The van der Waals surface area contributed by atoms with Crippen molar-refractivity contribution in [1.29, 1.82) is 0 Å². The molecule has 0 aromatic heterocycles. The van der Waals surface area contributed by atoms with Gasteiger partial charge in [-0.05, 0) is 55.0 Å². The van der Waals surface area contributed by atoms with E-state index in [0.717, 1.165) is 37.1 Å². The standard InChI is InChI=1S/C19H21NO2/c1-14-4-2-3-5-18(14)19(22)20-12-10-16(11-13-20)15-6-8-17(21)9-7-15/h2-9,16,21H,10-13H2,1H3. The molecule has 1 heterocycles. The summed E-state index contributed by atoms with van der Waals surface area (Å²) >= 11 is 0. The van der Waals surface area contributed by atoms with E-state index in [-0.39, 0.29) is 5.91 Å². The fourth-order valence-electron chi connectivity index (χ4n) is 3.15. The Bertz CT molecular complexity index is 655. The molecule has 1 aliphatic rings. The van der Waals surface area contributed by atoms with Gasteiger partial charge in [0.25, 0.3) is 5.91 Å². The van der Waals surface area contributed by atoms with E-state index in [0.29, 0.717) is 11.7 Å². The molecule has 114 valence electrons. The molecule has 0 saturated carbocycles. The second kappa shape index (κ2) is 6.22. The first-order valence-electron chi connectivity index (χ1n) is 7.79. The molecule has 2 aromatic carbocycles. The summed E-state index contributed by atoms with van der Waals surface area (Å²) in [5, 5.41) is 9.37. The van der Waals surface area contributed by atoms with Gasteiger partial charge in [-0.25, -0.2) is 0 Å². The molecule has 22 heavy (non-hydrogen) atoms. The molecule has 3 rings (SSSR count). The fraction of sp³-hybridized carbons (Fsp3) is 0.316. The van der Waals surface area contributed by atoms with Crippen LogP contribution >= 0.6 is 0 Å². The SMILES string of the molecule is Cc1ccccc1C(=O)N1CCC(c2ccc(O)cc2)CC1. The average molecular weight is 295 g/mol. The molecular formula is C19H21NO2. The van der Waals surface area contributed by atoms with Crippen LogP contribution in [0.4, 0.5) is 0 Å². The van der Waals surface area contributed by atoms with Gasteiger partial charge in [-0.2, -0.15) is 0 Å². The highest BCUT2D eigenvalue weighted by Gasteiger charge is 2.25. The van der Waals surface area contributed by atoms with Crippen molar-refractivity contribution in [3.05, 3.63) is 65.2 Å². The van der Waals surface area contributed by atoms with Gasteiger partial charge in [-0.3, -0.25) is 4.79 Å². The summed E-state index contributed by atoms with van der Waals surface area (Å²) < 4.78 is 0. The highest BCUT2D eigenvalue weighted by molar-refractivity contribution is 5.95. The Morgan fingerprint density at radius 3 is 2.32 bits per heavy atom. The normalized spacial score (nSPS) is 15.8. The molecule has 1 amide bonds. The third kappa shape index (κ3) is 2.98. The molecule has 1 N–H and O–H groups in total. The van der Waals surface area contributed by atoms with Crippen molar-refractivity contribution in [3.63, 3.8) is 0 Å². The lowest BCUT2D eigenvalue weighted by molar-refractivity contribution is 0.0712. The van der Waals surface area contributed by atoms with Gasteiger partial charge in [0.15, 0.2) is 0 Å². The first kappa shape index (κ1) is 14.6. The Labute approximate surface area is 131 Å². The second-order valence-electron chi connectivity index (χ2n) is 5.97. The zero-order chi connectivity index (χ0) is 15.5. The monoisotopic (exact) mass is 295 g/mol.